The van der Waals surface area contributed by atoms with Gasteiger partial charge in [-0.15, -0.1) is 6.58 Å². The molecule has 0 amide bonds. The van der Waals surface area contributed by atoms with Crippen molar-refractivity contribution in [2.45, 2.75) is 45.4 Å². The summed E-state index contributed by atoms with van der Waals surface area (Å²) in [6.45, 7) is 8.36. The van der Waals surface area contributed by atoms with E-state index < -0.39 is 0 Å². The van der Waals surface area contributed by atoms with Crippen molar-refractivity contribution >= 4 is 0 Å². The highest BCUT2D eigenvalue weighted by Crippen LogP contribution is 2.32. The summed E-state index contributed by atoms with van der Waals surface area (Å²) < 4.78 is 0. The summed E-state index contributed by atoms with van der Waals surface area (Å²) in [5, 5.41) is 3.50. The molecule has 0 aromatic carbocycles. The lowest BCUT2D eigenvalue weighted by Crippen LogP contribution is -2.30. The fourth-order valence-electron chi connectivity index (χ4n) is 2.59. The zero-order valence-electron chi connectivity index (χ0n) is 9.60. The van der Waals surface area contributed by atoms with Crippen LogP contribution in [0.2, 0.25) is 0 Å². The molecule has 1 saturated carbocycles. The monoisotopic (exact) mass is 195 g/mol. The molecule has 1 fully saturated rings. The van der Waals surface area contributed by atoms with Crippen molar-refractivity contribution in [1.82, 2.24) is 5.32 Å². The van der Waals surface area contributed by atoms with Crippen LogP contribution >= 0.6 is 0 Å². The Morgan fingerprint density at radius 3 is 2.64 bits per heavy atom. The van der Waals surface area contributed by atoms with Crippen molar-refractivity contribution in [3.05, 3.63) is 12.7 Å². The van der Waals surface area contributed by atoms with Gasteiger partial charge in [-0.05, 0) is 44.2 Å². The first kappa shape index (κ1) is 11.8. The second-order valence-electron chi connectivity index (χ2n) is 4.48. The highest BCUT2D eigenvalue weighted by molar-refractivity contribution is 4.79. The predicted molar refractivity (Wildman–Crippen MR) is 63.4 cm³/mol. The molecule has 14 heavy (non-hydrogen) atoms. The topological polar surface area (TPSA) is 12.0 Å². The van der Waals surface area contributed by atoms with Crippen molar-refractivity contribution in [2.24, 2.45) is 11.8 Å². The van der Waals surface area contributed by atoms with Gasteiger partial charge in [-0.25, -0.2) is 0 Å². The van der Waals surface area contributed by atoms with Gasteiger partial charge in [0.05, 0.1) is 0 Å². The molecule has 82 valence electrons. The Bertz CT molecular complexity index is 153. The molecule has 1 aliphatic carbocycles. The van der Waals surface area contributed by atoms with Gasteiger partial charge in [-0.3, -0.25) is 0 Å². The smallest absolute Gasteiger partial charge is 0.00180 e. The number of allylic oxidation sites excluding steroid dienone is 1. The SMILES string of the molecule is C=CCCC1CCCCC1CNCC. The zero-order chi connectivity index (χ0) is 10.2. The van der Waals surface area contributed by atoms with Crippen LogP contribution in [0, 0.1) is 11.8 Å². The van der Waals surface area contributed by atoms with Gasteiger partial charge in [-0.2, -0.15) is 0 Å². The molecule has 0 saturated heterocycles. The molecule has 0 aromatic rings. The molecule has 0 aromatic heterocycles. The normalized spacial score (nSPS) is 27.5. The number of nitrogens with one attached hydrogen (secondary N) is 1. The Hall–Kier alpha value is -0.300. The number of rotatable bonds is 6. The van der Waals surface area contributed by atoms with Gasteiger partial charge in [-0.1, -0.05) is 32.3 Å². The molecule has 1 aliphatic rings. The second-order valence-corrected chi connectivity index (χ2v) is 4.48. The molecular formula is C13H25N. The molecule has 1 rings (SSSR count). The van der Waals surface area contributed by atoms with Crippen LogP contribution in [0.1, 0.15) is 45.4 Å². The first-order valence-corrected chi connectivity index (χ1v) is 6.20. The number of hydrogen-bond donors (Lipinski definition) is 1. The van der Waals surface area contributed by atoms with E-state index in [1.54, 1.807) is 0 Å². The van der Waals surface area contributed by atoms with Crippen LogP contribution in [-0.2, 0) is 0 Å². The van der Waals surface area contributed by atoms with E-state index in [0.717, 1.165) is 18.4 Å². The second kappa shape index (κ2) is 7.05. The standard InChI is InChI=1S/C13H25N/c1-3-5-8-12-9-6-7-10-13(12)11-14-4-2/h3,12-14H,1,4-11H2,2H3. The van der Waals surface area contributed by atoms with Crippen LogP contribution in [0.15, 0.2) is 12.7 Å². The molecule has 0 radical (unpaired) electrons. The average molecular weight is 195 g/mol. The minimum absolute atomic E-state index is 0.934. The summed E-state index contributed by atoms with van der Waals surface area (Å²) in [6, 6.07) is 0. The summed E-state index contributed by atoms with van der Waals surface area (Å²) in [7, 11) is 0. The third-order valence-electron chi connectivity index (χ3n) is 3.46. The van der Waals surface area contributed by atoms with E-state index in [1.165, 1.54) is 45.1 Å². The van der Waals surface area contributed by atoms with Gasteiger partial charge >= 0.3 is 0 Å². The van der Waals surface area contributed by atoms with Crippen LogP contribution in [0.25, 0.3) is 0 Å². The molecule has 0 spiro atoms. The fourth-order valence-corrected chi connectivity index (χ4v) is 2.59. The van der Waals surface area contributed by atoms with Gasteiger partial charge in [0.25, 0.3) is 0 Å². The van der Waals surface area contributed by atoms with E-state index >= 15 is 0 Å². The molecule has 1 heteroatoms. The van der Waals surface area contributed by atoms with Gasteiger partial charge < -0.3 is 5.32 Å². The molecule has 1 N–H and O–H groups in total. The van der Waals surface area contributed by atoms with Crippen LogP contribution in [0.3, 0.4) is 0 Å². The Morgan fingerprint density at radius 1 is 1.29 bits per heavy atom. The van der Waals surface area contributed by atoms with Gasteiger partial charge in [0, 0.05) is 0 Å². The van der Waals surface area contributed by atoms with Crippen LogP contribution in [0.4, 0.5) is 0 Å². The Balaban J connectivity index is 2.29. The van der Waals surface area contributed by atoms with Crippen LogP contribution in [0.5, 0.6) is 0 Å². The maximum absolute atomic E-state index is 3.82. The molecule has 0 aliphatic heterocycles. The lowest BCUT2D eigenvalue weighted by Gasteiger charge is -2.31. The van der Waals surface area contributed by atoms with Crippen LogP contribution < -0.4 is 5.32 Å². The molecule has 0 heterocycles. The van der Waals surface area contributed by atoms with E-state index in [9.17, 15) is 0 Å². The first-order valence-electron chi connectivity index (χ1n) is 6.20. The fraction of sp³-hybridized carbons (Fsp3) is 0.846. The Labute approximate surface area is 89.0 Å². The molecule has 1 nitrogen and oxygen atoms in total. The zero-order valence-corrected chi connectivity index (χ0v) is 9.60. The largest absolute Gasteiger partial charge is 0.317 e. The third-order valence-corrected chi connectivity index (χ3v) is 3.46. The van der Waals surface area contributed by atoms with Crippen molar-refractivity contribution in [3.63, 3.8) is 0 Å². The maximum Gasteiger partial charge on any atom is -0.00180 e. The average Bonchev–Trinajstić information content (AvgIpc) is 2.24. The Morgan fingerprint density at radius 2 is 2.00 bits per heavy atom. The maximum atomic E-state index is 3.82. The van der Waals surface area contributed by atoms with Gasteiger partial charge in [0.1, 0.15) is 0 Å². The minimum atomic E-state index is 0.934. The van der Waals surface area contributed by atoms with Gasteiger partial charge in [0.2, 0.25) is 0 Å². The van der Waals surface area contributed by atoms with Crippen molar-refractivity contribution in [3.8, 4) is 0 Å². The lowest BCUT2D eigenvalue weighted by molar-refractivity contribution is 0.220. The molecule has 2 atom stereocenters. The molecule has 2 unspecified atom stereocenters. The quantitative estimate of drug-likeness (QED) is 0.641. The molecular weight excluding hydrogens is 170 g/mol. The van der Waals surface area contributed by atoms with Crippen molar-refractivity contribution < 1.29 is 0 Å². The lowest BCUT2D eigenvalue weighted by atomic mass is 9.77. The summed E-state index contributed by atoms with van der Waals surface area (Å²) in [5.74, 6) is 1.89. The summed E-state index contributed by atoms with van der Waals surface area (Å²) >= 11 is 0. The Kier molecular flexibility index (Phi) is 5.93. The summed E-state index contributed by atoms with van der Waals surface area (Å²) in [4.78, 5) is 0. The first-order chi connectivity index (χ1) is 6.88. The van der Waals surface area contributed by atoms with Crippen molar-refractivity contribution in [1.29, 1.82) is 0 Å². The summed E-state index contributed by atoms with van der Waals surface area (Å²) in [6.07, 6.45) is 10.4. The van der Waals surface area contributed by atoms with E-state index in [2.05, 4.69) is 24.9 Å². The van der Waals surface area contributed by atoms with Crippen molar-refractivity contribution in [2.75, 3.05) is 13.1 Å². The van der Waals surface area contributed by atoms with E-state index in [1.807, 2.05) is 0 Å². The van der Waals surface area contributed by atoms with Gasteiger partial charge in [0.15, 0.2) is 0 Å². The van der Waals surface area contributed by atoms with E-state index in [0.29, 0.717) is 0 Å². The highest BCUT2D eigenvalue weighted by atomic mass is 14.8. The number of hydrogen-bond acceptors (Lipinski definition) is 1. The summed E-state index contributed by atoms with van der Waals surface area (Å²) in [5.41, 5.74) is 0. The van der Waals surface area contributed by atoms with E-state index in [-0.39, 0.29) is 0 Å². The minimum Gasteiger partial charge on any atom is -0.317 e. The van der Waals surface area contributed by atoms with Crippen LogP contribution in [-0.4, -0.2) is 13.1 Å². The van der Waals surface area contributed by atoms with E-state index in [4.69, 9.17) is 0 Å². The third kappa shape index (κ3) is 3.83. The highest BCUT2D eigenvalue weighted by Gasteiger charge is 2.23. The molecule has 0 bridgehead atoms. The predicted octanol–water partition coefficient (Wildman–Crippen LogP) is 3.37.